The summed E-state index contributed by atoms with van der Waals surface area (Å²) in [7, 11) is 0. The SMILES string of the molecule is O=C(C=Cc1ccccc1-c1ccccc1)NCc1ccc(C(=O)O)cc1. The van der Waals surface area contributed by atoms with E-state index in [9.17, 15) is 9.59 Å². The highest BCUT2D eigenvalue weighted by atomic mass is 16.4. The van der Waals surface area contributed by atoms with Crippen LogP contribution in [0.2, 0.25) is 0 Å². The van der Waals surface area contributed by atoms with Gasteiger partial charge in [0.15, 0.2) is 0 Å². The van der Waals surface area contributed by atoms with E-state index in [1.54, 1.807) is 18.2 Å². The molecule has 0 aromatic heterocycles. The number of benzene rings is 3. The van der Waals surface area contributed by atoms with E-state index < -0.39 is 5.97 Å². The van der Waals surface area contributed by atoms with Crippen LogP contribution in [-0.2, 0) is 11.3 Å². The standard InChI is InChI=1S/C23H19NO3/c25-22(24-16-17-10-12-20(13-11-17)23(26)27)15-14-19-8-4-5-9-21(19)18-6-2-1-3-7-18/h1-15H,16H2,(H,24,25)(H,26,27). The van der Waals surface area contributed by atoms with Gasteiger partial charge in [0.25, 0.3) is 0 Å². The maximum atomic E-state index is 12.1. The molecule has 0 aliphatic rings. The zero-order valence-corrected chi connectivity index (χ0v) is 14.6. The number of nitrogens with one attached hydrogen (secondary N) is 1. The topological polar surface area (TPSA) is 66.4 Å². The summed E-state index contributed by atoms with van der Waals surface area (Å²) in [6.07, 6.45) is 3.30. The zero-order valence-electron chi connectivity index (χ0n) is 14.6. The number of carboxylic acid groups (broad SMARTS) is 1. The van der Waals surface area contributed by atoms with Crippen LogP contribution >= 0.6 is 0 Å². The van der Waals surface area contributed by atoms with Crippen molar-refractivity contribution in [1.82, 2.24) is 5.32 Å². The molecule has 0 aliphatic carbocycles. The highest BCUT2D eigenvalue weighted by Gasteiger charge is 2.04. The molecule has 0 radical (unpaired) electrons. The van der Waals surface area contributed by atoms with E-state index >= 15 is 0 Å². The Kier molecular flexibility index (Phi) is 5.80. The Morgan fingerprint density at radius 1 is 0.852 bits per heavy atom. The number of carbonyl (C=O) groups is 2. The van der Waals surface area contributed by atoms with Crippen molar-refractivity contribution in [3.8, 4) is 11.1 Å². The predicted molar refractivity (Wildman–Crippen MR) is 106 cm³/mol. The smallest absolute Gasteiger partial charge is 0.335 e. The van der Waals surface area contributed by atoms with E-state index in [-0.39, 0.29) is 11.5 Å². The van der Waals surface area contributed by atoms with Crippen LogP contribution in [0.25, 0.3) is 17.2 Å². The van der Waals surface area contributed by atoms with Gasteiger partial charge in [-0.1, -0.05) is 66.7 Å². The average Bonchev–Trinajstić information content (AvgIpc) is 2.72. The minimum atomic E-state index is -0.967. The van der Waals surface area contributed by atoms with Gasteiger partial charge in [-0.2, -0.15) is 0 Å². The normalized spacial score (nSPS) is 10.7. The summed E-state index contributed by atoms with van der Waals surface area (Å²) in [5, 5.41) is 11.7. The molecular weight excluding hydrogens is 338 g/mol. The summed E-state index contributed by atoms with van der Waals surface area (Å²) in [6.45, 7) is 0.337. The molecule has 0 unspecified atom stereocenters. The molecule has 27 heavy (non-hydrogen) atoms. The van der Waals surface area contributed by atoms with E-state index in [1.807, 2.05) is 54.6 Å². The first-order chi connectivity index (χ1) is 13.1. The number of carbonyl (C=O) groups excluding carboxylic acids is 1. The lowest BCUT2D eigenvalue weighted by Gasteiger charge is -2.06. The quantitative estimate of drug-likeness (QED) is 0.643. The zero-order chi connectivity index (χ0) is 19.1. The van der Waals surface area contributed by atoms with Crippen molar-refractivity contribution in [2.45, 2.75) is 6.54 Å². The van der Waals surface area contributed by atoms with Crippen LogP contribution in [0, 0.1) is 0 Å². The third-order valence-corrected chi connectivity index (χ3v) is 4.13. The molecule has 3 aromatic carbocycles. The van der Waals surface area contributed by atoms with E-state index in [0.29, 0.717) is 6.54 Å². The van der Waals surface area contributed by atoms with Crippen molar-refractivity contribution in [1.29, 1.82) is 0 Å². The number of amides is 1. The molecule has 1 amide bonds. The summed E-state index contributed by atoms with van der Waals surface area (Å²) in [6, 6.07) is 24.3. The molecule has 3 rings (SSSR count). The molecule has 0 saturated heterocycles. The first kappa shape index (κ1) is 18.1. The summed E-state index contributed by atoms with van der Waals surface area (Å²) in [4.78, 5) is 23.0. The molecule has 0 heterocycles. The van der Waals surface area contributed by atoms with Gasteiger partial charge < -0.3 is 10.4 Å². The molecule has 2 N–H and O–H groups in total. The molecule has 0 fully saturated rings. The molecule has 0 spiro atoms. The minimum Gasteiger partial charge on any atom is -0.478 e. The molecule has 4 heteroatoms. The second kappa shape index (κ2) is 8.63. The molecule has 134 valence electrons. The Morgan fingerprint density at radius 3 is 2.22 bits per heavy atom. The first-order valence-corrected chi connectivity index (χ1v) is 8.56. The third-order valence-electron chi connectivity index (χ3n) is 4.13. The fraction of sp³-hybridized carbons (Fsp3) is 0.0435. The minimum absolute atomic E-state index is 0.208. The van der Waals surface area contributed by atoms with Gasteiger partial charge in [-0.25, -0.2) is 4.79 Å². The van der Waals surface area contributed by atoms with Crippen LogP contribution in [0.5, 0.6) is 0 Å². The van der Waals surface area contributed by atoms with Crippen LogP contribution in [0.3, 0.4) is 0 Å². The van der Waals surface area contributed by atoms with Gasteiger partial charge in [-0.3, -0.25) is 4.79 Å². The third kappa shape index (κ3) is 4.92. The van der Waals surface area contributed by atoms with Crippen LogP contribution in [-0.4, -0.2) is 17.0 Å². The Balaban J connectivity index is 1.65. The fourth-order valence-electron chi connectivity index (χ4n) is 2.70. The highest BCUT2D eigenvalue weighted by Crippen LogP contribution is 2.24. The van der Waals surface area contributed by atoms with Gasteiger partial charge in [-0.05, 0) is 40.5 Å². The number of hydrogen-bond donors (Lipinski definition) is 2. The Hall–Kier alpha value is -3.66. The lowest BCUT2D eigenvalue weighted by atomic mass is 9.99. The molecule has 0 saturated carbocycles. The van der Waals surface area contributed by atoms with Crippen LogP contribution in [0.15, 0.2) is 84.9 Å². The fourth-order valence-corrected chi connectivity index (χ4v) is 2.70. The number of carboxylic acids is 1. The van der Waals surface area contributed by atoms with Crippen LogP contribution < -0.4 is 5.32 Å². The Bertz CT molecular complexity index is 960. The summed E-state index contributed by atoms with van der Waals surface area (Å²) >= 11 is 0. The summed E-state index contributed by atoms with van der Waals surface area (Å²) < 4.78 is 0. The van der Waals surface area contributed by atoms with Crippen LogP contribution in [0.1, 0.15) is 21.5 Å². The predicted octanol–water partition coefficient (Wildman–Crippen LogP) is 4.38. The summed E-state index contributed by atoms with van der Waals surface area (Å²) in [5.41, 5.74) is 4.18. The second-order valence-corrected chi connectivity index (χ2v) is 6.01. The van der Waals surface area contributed by atoms with Crippen molar-refractivity contribution >= 4 is 18.0 Å². The molecule has 0 bridgehead atoms. The lowest BCUT2D eigenvalue weighted by molar-refractivity contribution is -0.116. The Labute approximate surface area is 157 Å². The van der Waals surface area contributed by atoms with E-state index in [0.717, 1.165) is 22.3 Å². The van der Waals surface area contributed by atoms with Gasteiger partial charge in [0, 0.05) is 12.6 Å². The largest absolute Gasteiger partial charge is 0.478 e. The molecular formula is C23H19NO3. The Morgan fingerprint density at radius 2 is 1.52 bits per heavy atom. The molecule has 0 aliphatic heterocycles. The van der Waals surface area contributed by atoms with E-state index in [2.05, 4.69) is 5.32 Å². The van der Waals surface area contributed by atoms with Gasteiger partial charge in [0.2, 0.25) is 5.91 Å². The van der Waals surface area contributed by atoms with Crippen LogP contribution in [0.4, 0.5) is 0 Å². The van der Waals surface area contributed by atoms with Crippen molar-refractivity contribution in [3.05, 3.63) is 102 Å². The lowest BCUT2D eigenvalue weighted by Crippen LogP contribution is -2.20. The molecule has 0 atom stereocenters. The van der Waals surface area contributed by atoms with Gasteiger partial charge >= 0.3 is 5.97 Å². The maximum Gasteiger partial charge on any atom is 0.335 e. The second-order valence-electron chi connectivity index (χ2n) is 6.01. The first-order valence-electron chi connectivity index (χ1n) is 8.56. The van der Waals surface area contributed by atoms with Crippen molar-refractivity contribution in [3.63, 3.8) is 0 Å². The maximum absolute atomic E-state index is 12.1. The van der Waals surface area contributed by atoms with Crippen molar-refractivity contribution in [2.24, 2.45) is 0 Å². The van der Waals surface area contributed by atoms with E-state index in [1.165, 1.54) is 18.2 Å². The molecule has 4 nitrogen and oxygen atoms in total. The van der Waals surface area contributed by atoms with E-state index in [4.69, 9.17) is 5.11 Å². The van der Waals surface area contributed by atoms with Gasteiger partial charge in [-0.15, -0.1) is 0 Å². The highest BCUT2D eigenvalue weighted by molar-refractivity contribution is 5.93. The van der Waals surface area contributed by atoms with Crippen molar-refractivity contribution in [2.75, 3.05) is 0 Å². The summed E-state index contributed by atoms with van der Waals surface area (Å²) in [5.74, 6) is -1.18. The van der Waals surface area contributed by atoms with Gasteiger partial charge in [0.05, 0.1) is 5.56 Å². The number of hydrogen-bond acceptors (Lipinski definition) is 2. The molecule has 3 aromatic rings. The number of rotatable bonds is 6. The van der Waals surface area contributed by atoms with Crippen molar-refractivity contribution < 1.29 is 14.7 Å². The number of aromatic carboxylic acids is 1. The monoisotopic (exact) mass is 357 g/mol. The van der Waals surface area contributed by atoms with Gasteiger partial charge in [0.1, 0.15) is 0 Å². The average molecular weight is 357 g/mol.